The zero-order valence-corrected chi connectivity index (χ0v) is 15.3. The lowest BCUT2D eigenvalue weighted by atomic mass is 9.93. The van der Waals surface area contributed by atoms with Gasteiger partial charge in [0.1, 0.15) is 11.9 Å². The second-order valence-electron chi connectivity index (χ2n) is 7.36. The van der Waals surface area contributed by atoms with Crippen molar-refractivity contribution in [2.75, 3.05) is 11.9 Å². The SMILES string of the molecule is CCC1CNc2cc(C(=O)C(C)N3C(C)CCCC3C)ccc2O1. The fraction of sp³-hybridized carbons (Fsp3) is 0.650. The third kappa shape index (κ3) is 3.30. The van der Waals surface area contributed by atoms with Crippen LogP contribution in [0.2, 0.25) is 0 Å². The van der Waals surface area contributed by atoms with E-state index < -0.39 is 0 Å². The van der Waals surface area contributed by atoms with Gasteiger partial charge in [-0.1, -0.05) is 13.3 Å². The van der Waals surface area contributed by atoms with Crippen molar-refractivity contribution in [2.45, 2.75) is 77.6 Å². The predicted molar refractivity (Wildman–Crippen MR) is 98.0 cm³/mol. The predicted octanol–water partition coefficient (Wildman–Crippen LogP) is 4.10. The number of likely N-dealkylation sites (tertiary alicyclic amines) is 1. The van der Waals surface area contributed by atoms with Crippen LogP contribution in [-0.2, 0) is 0 Å². The molecule has 4 atom stereocenters. The molecule has 1 N–H and O–H groups in total. The molecule has 4 heteroatoms. The number of hydrogen-bond acceptors (Lipinski definition) is 4. The summed E-state index contributed by atoms with van der Waals surface area (Å²) in [6, 6.07) is 6.67. The van der Waals surface area contributed by atoms with Gasteiger partial charge in [0.05, 0.1) is 18.3 Å². The van der Waals surface area contributed by atoms with E-state index in [4.69, 9.17) is 4.74 Å². The summed E-state index contributed by atoms with van der Waals surface area (Å²) in [5.74, 6) is 1.06. The van der Waals surface area contributed by atoms with Gasteiger partial charge in [-0.3, -0.25) is 9.69 Å². The summed E-state index contributed by atoms with van der Waals surface area (Å²) in [6.45, 7) is 9.46. The van der Waals surface area contributed by atoms with Crippen LogP contribution in [0.15, 0.2) is 18.2 Å². The quantitative estimate of drug-likeness (QED) is 0.844. The number of Topliss-reactive ketones (excluding diaryl/α,β-unsaturated/α-hetero) is 1. The van der Waals surface area contributed by atoms with Gasteiger partial charge in [0.25, 0.3) is 0 Å². The highest BCUT2D eigenvalue weighted by molar-refractivity contribution is 6.01. The molecule has 0 aliphatic carbocycles. The van der Waals surface area contributed by atoms with Crippen LogP contribution >= 0.6 is 0 Å². The summed E-state index contributed by atoms with van der Waals surface area (Å²) in [4.78, 5) is 15.4. The lowest BCUT2D eigenvalue weighted by Crippen LogP contribution is -2.51. The highest BCUT2D eigenvalue weighted by Crippen LogP contribution is 2.32. The zero-order chi connectivity index (χ0) is 17.3. The third-order valence-electron chi connectivity index (χ3n) is 5.62. The van der Waals surface area contributed by atoms with Crippen LogP contribution in [0.25, 0.3) is 0 Å². The minimum absolute atomic E-state index is 0.0822. The number of benzene rings is 1. The lowest BCUT2D eigenvalue weighted by molar-refractivity contribution is 0.0494. The minimum Gasteiger partial charge on any atom is -0.486 e. The van der Waals surface area contributed by atoms with Crippen molar-refractivity contribution in [1.29, 1.82) is 0 Å². The number of fused-ring (bicyclic) bond motifs is 1. The monoisotopic (exact) mass is 330 g/mol. The molecule has 0 bridgehead atoms. The maximum atomic E-state index is 13.0. The molecule has 2 aliphatic rings. The van der Waals surface area contributed by atoms with Gasteiger partial charge in [-0.2, -0.15) is 0 Å². The maximum Gasteiger partial charge on any atom is 0.179 e. The van der Waals surface area contributed by atoms with Crippen molar-refractivity contribution < 1.29 is 9.53 Å². The third-order valence-corrected chi connectivity index (χ3v) is 5.62. The molecule has 1 fully saturated rings. The van der Waals surface area contributed by atoms with Gasteiger partial charge in [-0.15, -0.1) is 0 Å². The number of rotatable bonds is 4. The van der Waals surface area contributed by atoms with E-state index in [0.29, 0.717) is 12.1 Å². The van der Waals surface area contributed by atoms with Crippen molar-refractivity contribution >= 4 is 11.5 Å². The molecule has 0 amide bonds. The average molecular weight is 330 g/mol. The van der Waals surface area contributed by atoms with Crippen molar-refractivity contribution in [3.63, 3.8) is 0 Å². The molecule has 4 unspecified atom stereocenters. The van der Waals surface area contributed by atoms with Crippen LogP contribution in [0, 0.1) is 0 Å². The smallest absolute Gasteiger partial charge is 0.179 e. The van der Waals surface area contributed by atoms with Gasteiger partial charge in [-0.05, 0) is 58.2 Å². The van der Waals surface area contributed by atoms with Crippen LogP contribution < -0.4 is 10.1 Å². The fourth-order valence-electron chi connectivity index (χ4n) is 4.18. The largest absolute Gasteiger partial charge is 0.486 e. The molecular formula is C20H30N2O2. The number of ketones is 1. The van der Waals surface area contributed by atoms with Crippen molar-refractivity contribution in [2.24, 2.45) is 0 Å². The molecule has 1 saturated heterocycles. The second-order valence-corrected chi connectivity index (χ2v) is 7.36. The molecule has 2 heterocycles. The Morgan fingerprint density at radius 2 is 2.04 bits per heavy atom. The number of anilines is 1. The van der Waals surface area contributed by atoms with E-state index in [1.807, 2.05) is 18.2 Å². The first-order chi connectivity index (χ1) is 11.5. The molecule has 2 aliphatic heterocycles. The number of nitrogens with zero attached hydrogens (tertiary/aromatic N) is 1. The summed E-state index contributed by atoms with van der Waals surface area (Å²) in [5, 5.41) is 3.40. The van der Waals surface area contributed by atoms with Gasteiger partial charge in [0.15, 0.2) is 5.78 Å². The zero-order valence-electron chi connectivity index (χ0n) is 15.3. The number of ether oxygens (including phenoxy) is 1. The molecule has 1 aromatic carbocycles. The Morgan fingerprint density at radius 1 is 1.33 bits per heavy atom. The van der Waals surface area contributed by atoms with Gasteiger partial charge >= 0.3 is 0 Å². The molecule has 0 spiro atoms. The molecule has 1 aromatic rings. The molecule has 0 aromatic heterocycles. The van der Waals surface area contributed by atoms with Crippen LogP contribution in [0.3, 0.4) is 0 Å². The van der Waals surface area contributed by atoms with Crippen LogP contribution in [-0.4, -0.2) is 41.5 Å². The van der Waals surface area contributed by atoms with E-state index in [-0.39, 0.29) is 17.9 Å². The molecule has 132 valence electrons. The molecule has 3 rings (SSSR count). The Bertz CT molecular complexity index is 591. The summed E-state index contributed by atoms with van der Waals surface area (Å²) < 4.78 is 5.94. The number of carbonyl (C=O) groups excluding carboxylic acids is 1. The van der Waals surface area contributed by atoms with Crippen molar-refractivity contribution in [3.8, 4) is 5.75 Å². The number of carbonyl (C=O) groups is 1. The Balaban J connectivity index is 1.77. The van der Waals surface area contributed by atoms with E-state index >= 15 is 0 Å². The van der Waals surface area contributed by atoms with Crippen molar-refractivity contribution in [3.05, 3.63) is 23.8 Å². The minimum atomic E-state index is -0.0822. The van der Waals surface area contributed by atoms with Crippen molar-refractivity contribution in [1.82, 2.24) is 4.90 Å². The normalized spacial score (nSPS) is 28.4. The summed E-state index contributed by atoms with van der Waals surface area (Å²) in [6.07, 6.45) is 4.82. The molecule has 0 radical (unpaired) electrons. The Morgan fingerprint density at radius 3 is 2.71 bits per heavy atom. The maximum absolute atomic E-state index is 13.0. The number of piperidine rings is 1. The molecular weight excluding hydrogens is 300 g/mol. The van der Waals surface area contributed by atoms with Gasteiger partial charge < -0.3 is 10.1 Å². The van der Waals surface area contributed by atoms with Gasteiger partial charge in [0.2, 0.25) is 0 Å². The standard InChI is InChI=1S/C20H30N2O2/c1-5-17-12-21-18-11-16(9-10-19(18)24-17)20(23)15(4)22-13(2)7-6-8-14(22)3/h9-11,13-15,17,21H,5-8,12H2,1-4H3. The molecule has 24 heavy (non-hydrogen) atoms. The Labute approximate surface area is 145 Å². The first-order valence-electron chi connectivity index (χ1n) is 9.37. The van der Waals surface area contributed by atoms with E-state index in [1.54, 1.807) is 0 Å². The van der Waals surface area contributed by atoms with Gasteiger partial charge in [0, 0.05) is 17.6 Å². The van der Waals surface area contributed by atoms with E-state index in [1.165, 1.54) is 19.3 Å². The second kappa shape index (κ2) is 7.14. The number of nitrogens with one attached hydrogen (secondary N) is 1. The van der Waals surface area contributed by atoms with E-state index in [0.717, 1.165) is 30.0 Å². The summed E-state index contributed by atoms with van der Waals surface area (Å²) in [5.41, 5.74) is 1.72. The van der Waals surface area contributed by atoms with Crippen LogP contribution in [0.4, 0.5) is 5.69 Å². The van der Waals surface area contributed by atoms with Crippen LogP contribution in [0.1, 0.15) is 63.7 Å². The summed E-state index contributed by atoms with van der Waals surface area (Å²) >= 11 is 0. The highest BCUT2D eigenvalue weighted by Gasteiger charge is 2.33. The average Bonchev–Trinajstić information content (AvgIpc) is 2.59. The molecule has 0 saturated carbocycles. The fourth-order valence-corrected chi connectivity index (χ4v) is 4.18. The number of hydrogen-bond donors (Lipinski definition) is 1. The Kier molecular flexibility index (Phi) is 5.14. The van der Waals surface area contributed by atoms with E-state index in [2.05, 4.69) is 37.9 Å². The Hall–Kier alpha value is -1.55. The highest BCUT2D eigenvalue weighted by atomic mass is 16.5. The van der Waals surface area contributed by atoms with E-state index in [9.17, 15) is 4.79 Å². The van der Waals surface area contributed by atoms with Crippen LogP contribution in [0.5, 0.6) is 5.75 Å². The lowest BCUT2D eigenvalue weighted by Gasteiger charge is -2.42. The first-order valence-corrected chi connectivity index (χ1v) is 9.37. The van der Waals surface area contributed by atoms with Gasteiger partial charge in [-0.25, -0.2) is 0 Å². The topological polar surface area (TPSA) is 41.6 Å². The first kappa shape index (κ1) is 17.3. The molecule has 4 nitrogen and oxygen atoms in total. The summed E-state index contributed by atoms with van der Waals surface area (Å²) in [7, 11) is 0.